The Morgan fingerprint density at radius 3 is 2.50 bits per heavy atom. The number of halogens is 5. The van der Waals surface area contributed by atoms with E-state index in [0.29, 0.717) is 5.56 Å². The van der Waals surface area contributed by atoms with Crippen LogP contribution in [-0.2, 0) is 11.0 Å². The Morgan fingerprint density at radius 2 is 1.79 bits per heavy atom. The molecule has 1 amide bonds. The summed E-state index contributed by atoms with van der Waals surface area (Å²) in [7, 11) is 0. The van der Waals surface area contributed by atoms with Crippen LogP contribution < -0.4 is 20.2 Å². The van der Waals surface area contributed by atoms with Crippen LogP contribution in [0.1, 0.15) is 31.1 Å². The van der Waals surface area contributed by atoms with Gasteiger partial charge in [-0.25, -0.2) is 0 Å². The van der Waals surface area contributed by atoms with Crippen molar-refractivity contribution in [2.45, 2.75) is 25.9 Å². The number of rotatable bonds is 7. The Balaban J connectivity index is 1.63. The molecule has 198 valence electrons. The summed E-state index contributed by atoms with van der Waals surface area (Å²) in [5.74, 6) is -3.10. The molecule has 0 bridgehead atoms. The molecular formula is C27H20Cl2F3NO5. The number of amides is 1. The second-order valence-corrected chi connectivity index (χ2v) is 9.26. The molecule has 11 heteroatoms. The van der Waals surface area contributed by atoms with Crippen LogP contribution in [-0.4, -0.2) is 12.5 Å². The number of ether oxygens (including phenoxy) is 2. The number of alkyl halides is 3. The standard InChI is InChI=1S/C27H20Cl2F3NO5/c1-14(2)16-6-3-4-9-20(16)37-25-24(35)17-11-10-15(12-21(17)38-26(25)27(30,31)32)36-13-22(34)33-19-8-5-7-18(28)23(19)29/h3-12,14H,13H2,1-2H3,(H,33,34). The molecule has 0 atom stereocenters. The van der Waals surface area contributed by atoms with E-state index in [9.17, 15) is 22.8 Å². The molecule has 4 rings (SSSR count). The molecule has 1 heterocycles. The average molecular weight is 566 g/mol. The molecule has 0 aliphatic rings. The second-order valence-electron chi connectivity index (χ2n) is 8.48. The summed E-state index contributed by atoms with van der Waals surface area (Å²) in [5.41, 5.74) is -0.500. The zero-order valence-corrected chi connectivity index (χ0v) is 21.5. The van der Waals surface area contributed by atoms with Crippen molar-refractivity contribution >= 4 is 45.8 Å². The highest BCUT2D eigenvalue weighted by Crippen LogP contribution is 2.40. The van der Waals surface area contributed by atoms with Gasteiger partial charge in [0.1, 0.15) is 17.1 Å². The summed E-state index contributed by atoms with van der Waals surface area (Å²) < 4.78 is 57.8. The van der Waals surface area contributed by atoms with E-state index < -0.39 is 35.6 Å². The van der Waals surface area contributed by atoms with Crippen LogP contribution in [0.2, 0.25) is 10.0 Å². The van der Waals surface area contributed by atoms with Gasteiger partial charge in [0.15, 0.2) is 6.61 Å². The smallest absolute Gasteiger partial charge is 0.453 e. The van der Waals surface area contributed by atoms with Gasteiger partial charge in [0.05, 0.1) is 21.1 Å². The number of anilines is 1. The minimum absolute atomic E-state index is 0.0000581. The van der Waals surface area contributed by atoms with Gasteiger partial charge in [-0.1, -0.05) is 61.3 Å². The maximum atomic E-state index is 13.9. The third-order valence-electron chi connectivity index (χ3n) is 5.43. The summed E-state index contributed by atoms with van der Waals surface area (Å²) >= 11 is 12.0. The first kappa shape index (κ1) is 27.3. The molecule has 0 saturated carbocycles. The van der Waals surface area contributed by atoms with Crippen molar-refractivity contribution in [3.8, 4) is 17.2 Å². The van der Waals surface area contributed by atoms with Crippen molar-refractivity contribution in [2.24, 2.45) is 0 Å². The van der Waals surface area contributed by atoms with E-state index in [1.807, 2.05) is 13.8 Å². The lowest BCUT2D eigenvalue weighted by molar-refractivity contribution is -0.154. The lowest BCUT2D eigenvalue weighted by atomic mass is 10.0. The average Bonchev–Trinajstić information content (AvgIpc) is 2.86. The quantitative estimate of drug-likeness (QED) is 0.245. The van der Waals surface area contributed by atoms with E-state index in [4.69, 9.17) is 37.1 Å². The van der Waals surface area contributed by atoms with E-state index in [0.717, 1.165) is 6.07 Å². The van der Waals surface area contributed by atoms with Crippen molar-refractivity contribution in [1.29, 1.82) is 0 Å². The number of benzene rings is 3. The van der Waals surface area contributed by atoms with Crippen LogP contribution in [0, 0.1) is 0 Å². The Kier molecular flexibility index (Phi) is 7.89. The van der Waals surface area contributed by atoms with E-state index in [1.165, 1.54) is 24.3 Å². The number of nitrogens with one attached hydrogen (secondary N) is 1. The molecule has 0 radical (unpaired) electrons. The largest absolute Gasteiger partial charge is 0.484 e. The fraction of sp³-hybridized carbons (Fsp3) is 0.185. The molecule has 0 spiro atoms. The Bertz CT molecular complexity index is 1570. The third-order valence-corrected chi connectivity index (χ3v) is 6.25. The molecule has 1 N–H and O–H groups in total. The molecule has 6 nitrogen and oxygen atoms in total. The summed E-state index contributed by atoms with van der Waals surface area (Å²) in [6, 6.07) is 14.8. The van der Waals surface area contributed by atoms with Crippen LogP contribution in [0.4, 0.5) is 18.9 Å². The van der Waals surface area contributed by atoms with Gasteiger partial charge in [0.25, 0.3) is 11.7 Å². The molecule has 0 unspecified atom stereocenters. The van der Waals surface area contributed by atoms with E-state index >= 15 is 0 Å². The fourth-order valence-electron chi connectivity index (χ4n) is 3.62. The van der Waals surface area contributed by atoms with Gasteiger partial charge in [-0.3, -0.25) is 9.59 Å². The Labute approximate surface area is 224 Å². The number of para-hydroxylation sites is 1. The second kappa shape index (κ2) is 11.0. The predicted octanol–water partition coefficient (Wildman–Crippen LogP) is 8.05. The molecule has 0 saturated heterocycles. The first-order valence-electron chi connectivity index (χ1n) is 11.3. The van der Waals surface area contributed by atoms with E-state index in [-0.39, 0.29) is 44.1 Å². The van der Waals surface area contributed by atoms with Gasteiger partial charge in [-0.2, -0.15) is 13.2 Å². The number of hydrogen-bond acceptors (Lipinski definition) is 5. The number of carbonyl (C=O) groups is 1. The van der Waals surface area contributed by atoms with Crippen molar-refractivity contribution in [1.82, 2.24) is 0 Å². The van der Waals surface area contributed by atoms with Crippen LogP contribution >= 0.6 is 23.2 Å². The van der Waals surface area contributed by atoms with Gasteiger partial charge >= 0.3 is 6.18 Å². The lowest BCUT2D eigenvalue weighted by Gasteiger charge is -2.16. The number of hydrogen-bond donors (Lipinski definition) is 1. The zero-order valence-electron chi connectivity index (χ0n) is 20.0. The summed E-state index contributed by atoms with van der Waals surface area (Å²) in [6.45, 7) is 3.19. The number of fused-ring (bicyclic) bond motifs is 1. The van der Waals surface area contributed by atoms with Crippen molar-refractivity contribution in [3.05, 3.63) is 92.3 Å². The van der Waals surface area contributed by atoms with Gasteiger partial charge in [-0.15, -0.1) is 0 Å². The van der Waals surface area contributed by atoms with Crippen molar-refractivity contribution in [3.63, 3.8) is 0 Å². The first-order chi connectivity index (χ1) is 18.0. The van der Waals surface area contributed by atoms with Crippen LogP contribution in [0.25, 0.3) is 11.0 Å². The maximum Gasteiger partial charge on any atom is 0.453 e. The summed E-state index contributed by atoms with van der Waals surface area (Å²) in [6.07, 6.45) is -5.03. The Morgan fingerprint density at radius 1 is 1.05 bits per heavy atom. The van der Waals surface area contributed by atoms with Gasteiger partial charge in [-0.05, 0) is 41.8 Å². The molecule has 0 aliphatic heterocycles. The number of carbonyl (C=O) groups excluding carboxylic acids is 1. The molecule has 4 aromatic rings. The van der Waals surface area contributed by atoms with Gasteiger partial charge < -0.3 is 19.2 Å². The van der Waals surface area contributed by atoms with Crippen LogP contribution in [0.5, 0.6) is 17.2 Å². The maximum absolute atomic E-state index is 13.9. The Hall–Kier alpha value is -3.69. The molecule has 0 aliphatic carbocycles. The topological polar surface area (TPSA) is 77.8 Å². The normalized spacial score (nSPS) is 11.6. The summed E-state index contributed by atoms with van der Waals surface area (Å²) in [5, 5.41) is 2.75. The van der Waals surface area contributed by atoms with Crippen LogP contribution in [0.3, 0.4) is 0 Å². The zero-order chi connectivity index (χ0) is 27.6. The summed E-state index contributed by atoms with van der Waals surface area (Å²) in [4.78, 5) is 25.4. The molecule has 38 heavy (non-hydrogen) atoms. The highest BCUT2D eigenvalue weighted by molar-refractivity contribution is 6.44. The molecular weight excluding hydrogens is 546 g/mol. The van der Waals surface area contributed by atoms with E-state index in [2.05, 4.69) is 5.32 Å². The van der Waals surface area contributed by atoms with Gasteiger partial charge in [0, 0.05) is 6.07 Å². The van der Waals surface area contributed by atoms with E-state index in [1.54, 1.807) is 30.3 Å². The monoisotopic (exact) mass is 565 g/mol. The fourth-order valence-corrected chi connectivity index (χ4v) is 3.97. The first-order valence-corrected chi connectivity index (χ1v) is 12.0. The minimum atomic E-state index is -5.03. The highest BCUT2D eigenvalue weighted by atomic mass is 35.5. The predicted molar refractivity (Wildman–Crippen MR) is 139 cm³/mol. The molecule has 0 fully saturated rings. The SMILES string of the molecule is CC(C)c1ccccc1Oc1c(C(F)(F)F)oc2cc(OCC(=O)Nc3cccc(Cl)c3Cl)ccc2c1=O. The molecule has 3 aromatic carbocycles. The molecule has 1 aromatic heterocycles. The van der Waals surface area contributed by atoms with Crippen LogP contribution in [0.15, 0.2) is 69.9 Å². The minimum Gasteiger partial charge on any atom is -0.484 e. The lowest BCUT2D eigenvalue weighted by Crippen LogP contribution is -2.20. The third kappa shape index (κ3) is 5.89. The highest BCUT2D eigenvalue weighted by Gasteiger charge is 2.40. The van der Waals surface area contributed by atoms with Crippen molar-refractivity contribution < 1.29 is 31.9 Å². The van der Waals surface area contributed by atoms with Gasteiger partial charge in [0.2, 0.25) is 11.2 Å². The van der Waals surface area contributed by atoms with Crippen molar-refractivity contribution in [2.75, 3.05) is 11.9 Å².